The van der Waals surface area contributed by atoms with Crippen LogP contribution in [0, 0.1) is 12.7 Å². The van der Waals surface area contributed by atoms with Crippen LogP contribution < -0.4 is 0 Å². The predicted octanol–water partition coefficient (Wildman–Crippen LogP) is 4.56. The van der Waals surface area contributed by atoms with Crippen molar-refractivity contribution in [3.05, 3.63) is 33.6 Å². The number of rotatable bonds is 0. The molecule has 0 saturated heterocycles. The van der Waals surface area contributed by atoms with E-state index in [4.69, 9.17) is 11.6 Å². The van der Waals surface area contributed by atoms with Crippen LogP contribution in [0.15, 0.2) is 6.07 Å². The molecule has 0 N–H and O–H groups in total. The second-order valence-corrected chi connectivity index (χ2v) is 5.23. The van der Waals surface area contributed by atoms with Crippen LogP contribution in [0.25, 0.3) is 0 Å². The van der Waals surface area contributed by atoms with Gasteiger partial charge in [-0.2, -0.15) is 0 Å². The van der Waals surface area contributed by atoms with E-state index >= 15 is 0 Å². The van der Waals surface area contributed by atoms with Crippen LogP contribution in [0.4, 0.5) is 4.39 Å². The summed E-state index contributed by atoms with van der Waals surface area (Å²) in [6.45, 7) is 1.82. The van der Waals surface area contributed by atoms with Crippen molar-refractivity contribution in [2.75, 3.05) is 0 Å². The zero-order valence-corrected chi connectivity index (χ0v) is 10.3. The fraction of sp³-hybridized carbons (Fsp3) is 0.455. The first kappa shape index (κ1) is 10.4. The maximum absolute atomic E-state index is 13.4. The molecule has 0 saturated carbocycles. The smallest absolute Gasteiger partial charge is 0.127 e. The molecule has 0 nitrogen and oxygen atoms in total. The summed E-state index contributed by atoms with van der Waals surface area (Å²) in [6.07, 6.45) is 3.15. The lowest BCUT2D eigenvalue weighted by Crippen LogP contribution is -2.09. The molecule has 1 aromatic carbocycles. The molecule has 76 valence electrons. The molecule has 3 heteroatoms. The summed E-state index contributed by atoms with van der Waals surface area (Å²) in [4.78, 5) is 0.263. The number of hydrogen-bond acceptors (Lipinski definition) is 0. The largest absolute Gasteiger partial charge is 0.207 e. The van der Waals surface area contributed by atoms with Gasteiger partial charge in [-0.05, 0) is 48.9 Å². The highest BCUT2D eigenvalue weighted by atomic mass is 79.9. The minimum absolute atomic E-state index is 0.194. The Balaban J connectivity index is 2.67. The Labute approximate surface area is 96.6 Å². The van der Waals surface area contributed by atoms with Gasteiger partial charge < -0.3 is 0 Å². The van der Waals surface area contributed by atoms with Gasteiger partial charge in [0.25, 0.3) is 0 Å². The van der Waals surface area contributed by atoms with Crippen molar-refractivity contribution >= 4 is 27.5 Å². The van der Waals surface area contributed by atoms with Gasteiger partial charge in [-0.25, -0.2) is 4.39 Å². The first-order valence-electron chi connectivity index (χ1n) is 4.72. The van der Waals surface area contributed by atoms with Crippen molar-refractivity contribution in [2.45, 2.75) is 31.0 Å². The van der Waals surface area contributed by atoms with Crippen molar-refractivity contribution in [2.24, 2.45) is 0 Å². The van der Waals surface area contributed by atoms with Crippen molar-refractivity contribution in [3.63, 3.8) is 0 Å². The summed E-state index contributed by atoms with van der Waals surface area (Å²) >= 11 is 9.60. The van der Waals surface area contributed by atoms with Crippen LogP contribution in [0.3, 0.4) is 0 Å². The Bertz CT molecular complexity index is 376. The molecule has 14 heavy (non-hydrogen) atoms. The van der Waals surface area contributed by atoms with Gasteiger partial charge in [0.1, 0.15) is 5.82 Å². The van der Waals surface area contributed by atoms with Crippen molar-refractivity contribution in [1.29, 1.82) is 0 Å². The molecule has 0 aromatic heterocycles. The number of halogens is 3. The van der Waals surface area contributed by atoms with E-state index in [2.05, 4.69) is 15.9 Å². The normalized spacial score (nSPS) is 20.7. The zero-order valence-electron chi connectivity index (χ0n) is 7.91. The zero-order chi connectivity index (χ0) is 10.3. The molecule has 1 atom stereocenters. The molecule has 0 radical (unpaired) electrons. The SMILES string of the molecule is Cc1c(F)cc(Cl)c2c1C(Br)CCC2. The van der Waals surface area contributed by atoms with E-state index in [0.717, 1.165) is 36.0 Å². The fourth-order valence-electron chi connectivity index (χ4n) is 2.07. The average molecular weight is 278 g/mol. The first-order chi connectivity index (χ1) is 6.61. The minimum atomic E-state index is -0.194. The van der Waals surface area contributed by atoms with E-state index in [9.17, 15) is 4.39 Å². The third kappa shape index (κ3) is 1.59. The molecule has 2 rings (SSSR count). The molecule has 0 amide bonds. The van der Waals surface area contributed by atoms with Gasteiger partial charge in [0.05, 0.1) is 0 Å². The lowest BCUT2D eigenvalue weighted by molar-refractivity contribution is 0.602. The second-order valence-electron chi connectivity index (χ2n) is 3.72. The lowest BCUT2D eigenvalue weighted by Gasteiger charge is -2.24. The molecule has 1 aromatic rings. The fourth-order valence-corrected chi connectivity index (χ4v) is 3.31. The van der Waals surface area contributed by atoms with Crippen LogP contribution in [0.1, 0.15) is 34.4 Å². The van der Waals surface area contributed by atoms with Crippen molar-refractivity contribution < 1.29 is 4.39 Å². The summed E-state index contributed by atoms with van der Waals surface area (Å²) in [5, 5.41) is 0.576. The molecule has 0 spiro atoms. The van der Waals surface area contributed by atoms with E-state index in [1.165, 1.54) is 6.07 Å². The molecule has 0 fully saturated rings. The van der Waals surface area contributed by atoms with Crippen molar-refractivity contribution in [1.82, 2.24) is 0 Å². The van der Waals surface area contributed by atoms with Crippen LogP contribution in [-0.4, -0.2) is 0 Å². The molecular weight excluding hydrogens is 266 g/mol. The van der Waals surface area contributed by atoms with Gasteiger partial charge in [-0.1, -0.05) is 27.5 Å². The van der Waals surface area contributed by atoms with Crippen LogP contribution >= 0.6 is 27.5 Å². The Hall–Kier alpha value is -0.0800. The highest BCUT2D eigenvalue weighted by Crippen LogP contribution is 2.41. The highest BCUT2D eigenvalue weighted by Gasteiger charge is 2.23. The van der Waals surface area contributed by atoms with E-state index in [1.54, 1.807) is 0 Å². The van der Waals surface area contributed by atoms with Gasteiger partial charge >= 0.3 is 0 Å². The molecule has 1 aliphatic carbocycles. The Morgan fingerprint density at radius 1 is 1.57 bits per heavy atom. The van der Waals surface area contributed by atoms with E-state index < -0.39 is 0 Å². The van der Waals surface area contributed by atoms with Gasteiger partial charge in [0, 0.05) is 9.85 Å². The number of alkyl halides is 1. The molecule has 1 aliphatic rings. The maximum Gasteiger partial charge on any atom is 0.127 e. The Kier molecular flexibility index (Phi) is 2.85. The first-order valence-corrected chi connectivity index (χ1v) is 6.02. The summed E-state index contributed by atoms with van der Waals surface area (Å²) in [5.74, 6) is -0.194. The molecular formula is C11H11BrClF. The van der Waals surface area contributed by atoms with Crippen LogP contribution in [0.2, 0.25) is 5.02 Å². The number of fused-ring (bicyclic) bond motifs is 1. The van der Waals surface area contributed by atoms with Gasteiger partial charge in [0.15, 0.2) is 0 Å². The second kappa shape index (κ2) is 3.82. The Morgan fingerprint density at radius 2 is 2.29 bits per heavy atom. The summed E-state index contributed by atoms with van der Waals surface area (Å²) in [5.41, 5.74) is 2.94. The summed E-state index contributed by atoms with van der Waals surface area (Å²) in [6, 6.07) is 1.43. The van der Waals surface area contributed by atoms with E-state index in [1.807, 2.05) is 6.92 Å². The molecule has 0 heterocycles. The number of benzene rings is 1. The number of hydrogen-bond donors (Lipinski definition) is 0. The third-order valence-electron chi connectivity index (χ3n) is 2.83. The van der Waals surface area contributed by atoms with Crippen LogP contribution in [-0.2, 0) is 6.42 Å². The minimum Gasteiger partial charge on any atom is -0.207 e. The van der Waals surface area contributed by atoms with Gasteiger partial charge in [-0.15, -0.1) is 0 Å². The van der Waals surface area contributed by atoms with Gasteiger partial charge in [0.2, 0.25) is 0 Å². The highest BCUT2D eigenvalue weighted by molar-refractivity contribution is 9.09. The molecule has 1 unspecified atom stereocenters. The standard InChI is InChI=1S/C11H11BrClF/c1-6-10(14)5-9(13)7-3-2-4-8(12)11(6)7/h5,8H,2-4H2,1H3. The third-order valence-corrected chi connectivity index (χ3v) is 4.08. The van der Waals surface area contributed by atoms with Gasteiger partial charge in [-0.3, -0.25) is 0 Å². The summed E-state index contributed by atoms with van der Waals surface area (Å²) < 4.78 is 13.4. The maximum atomic E-state index is 13.4. The monoisotopic (exact) mass is 276 g/mol. The molecule has 0 aliphatic heterocycles. The predicted molar refractivity (Wildman–Crippen MR) is 60.8 cm³/mol. The van der Waals surface area contributed by atoms with Crippen molar-refractivity contribution in [3.8, 4) is 0 Å². The van der Waals surface area contributed by atoms with E-state index in [0.29, 0.717) is 5.02 Å². The average Bonchev–Trinajstić information content (AvgIpc) is 2.14. The lowest BCUT2D eigenvalue weighted by atomic mass is 9.88. The summed E-state index contributed by atoms with van der Waals surface area (Å²) in [7, 11) is 0. The molecule has 0 bridgehead atoms. The van der Waals surface area contributed by atoms with E-state index in [-0.39, 0.29) is 10.6 Å². The van der Waals surface area contributed by atoms with Crippen LogP contribution in [0.5, 0.6) is 0 Å². The topological polar surface area (TPSA) is 0 Å². The quantitative estimate of drug-likeness (QED) is 0.610. The Morgan fingerprint density at radius 3 is 3.00 bits per heavy atom.